The molecule has 0 fully saturated rings. The van der Waals surface area contributed by atoms with Gasteiger partial charge in [0, 0.05) is 55.4 Å². The lowest BCUT2D eigenvalue weighted by molar-refractivity contribution is 0.708. The Morgan fingerprint density at radius 1 is 0.369 bits per heavy atom. The third-order valence-electron chi connectivity index (χ3n) is 14.4. The summed E-state index contributed by atoms with van der Waals surface area (Å²) in [6, 6.07) is 71.6. The van der Waals surface area contributed by atoms with Crippen molar-refractivity contribution in [3.8, 4) is 45.3 Å². The minimum Gasteiger partial charge on any atom is -0.309 e. The molecule has 2 aliphatic carbocycles. The van der Waals surface area contributed by atoms with E-state index >= 15 is 0 Å². The van der Waals surface area contributed by atoms with E-state index in [-0.39, 0.29) is 0 Å². The van der Waals surface area contributed by atoms with Crippen LogP contribution in [0.25, 0.3) is 106 Å². The van der Waals surface area contributed by atoms with E-state index in [2.05, 4.69) is 231 Å². The minimum atomic E-state index is 0.526. The lowest BCUT2D eigenvalue weighted by atomic mass is 9.86. The Morgan fingerprint density at radius 3 is 1.55 bits per heavy atom. The van der Waals surface area contributed by atoms with Gasteiger partial charge in [-0.05, 0) is 132 Å². The lowest BCUT2D eigenvalue weighted by Crippen LogP contribution is -2.10. The van der Waals surface area contributed by atoms with Gasteiger partial charge in [0.05, 0.1) is 39.0 Å². The second kappa shape index (κ2) is 14.0. The second-order valence-electron chi connectivity index (χ2n) is 18.1. The number of hydrogen-bond donors (Lipinski definition) is 0. The molecule has 12 aromatic rings. The molecule has 4 heteroatoms. The van der Waals surface area contributed by atoms with E-state index in [4.69, 9.17) is 0 Å². The maximum Gasteiger partial charge on any atom is 0.0744 e. The van der Waals surface area contributed by atoms with Gasteiger partial charge in [0.2, 0.25) is 0 Å². The number of rotatable bonds is 5. The van der Waals surface area contributed by atoms with Crippen molar-refractivity contribution >= 4 is 60.6 Å². The van der Waals surface area contributed by atoms with Gasteiger partial charge in [-0.15, -0.1) is 0 Å². The van der Waals surface area contributed by atoms with Gasteiger partial charge in [0.1, 0.15) is 0 Å². The third-order valence-corrected chi connectivity index (χ3v) is 14.4. The molecular weight excluding hydrogens is 789 g/mol. The van der Waals surface area contributed by atoms with E-state index in [0.29, 0.717) is 5.92 Å². The van der Waals surface area contributed by atoms with E-state index in [1.165, 1.54) is 116 Å². The van der Waals surface area contributed by atoms with Gasteiger partial charge in [-0.25, -0.2) is 0 Å². The second-order valence-corrected chi connectivity index (χ2v) is 18.1. The Kier molecular flexibility index (Phi) is 7.82. The molecule has 1 unspecified atom stereocenters. The molecule has 0 radical (unpaired) electrons. The molecule has 1 atom stereocenters. The molecule has 308 valence electrons. The van der Waals surface area contributed by atoms with E-state index in [0.717, 1.165) is 24.9 Å². The molecule has 0 aliphatic heterocycles. The summed E-state index contributed by atoms with van der Waals surface area (Å²) in [5.41, 5.74) is 21.7. The van der Waals surface area contributed by atoms with Crippen LogP contribution in [0, 0.1) is 5.92 Å². The molecule has 4 heterocycles. The zero-order valence-corrected chi connectivity index (χ0v) is 36.1. The SMILES string of the molecule is CC1C=Cc2c(c3c(n2-c2ccccc2)-c2c(c4ccccc4n2-c2ccc(-c4ccc(-n5c6ccccc6c6ccc7c(c8ccccc8n7-c7ccccc7)c65)cc4)cc2)CC3)C1. The normalized spacial score (nSPS) is 14.4. The molecule has 0 N–H and O–H groups in total. The predicted octanol–water partition coefficient (Wildman–Crippen LogP) is 15.3. The largest absolute Gasteiger partial charge is 0.309 e. The standard InChI is InChI=1S/C61H44N4/c1-39-24-36-56-52(38-39)50-34-33-49-47-19-9-12-22-54(47)65(60(49)61(50)64(56)43-16-6-3-7-17-43)45-31-27-41(28-32-45)40-25-29-44(30-26-40)63-53-21-11-8-18-46(53)48-35-37-57-58(59(48)63)51-20-10-13-23-55(51)62(57)42-14-4-2-5-15-42/h2-32,35-37,39H,33-34,38H2,1H3. The maximum atomic E-state index is 2.56. The summed E-state index contributed by atoms with van der Waals surface area (Å²) in [4.78, 5) is 0. The Morgan fingerprint density at radius 2 is 0.877 bits per heavy atom. The number of allylic oxidation sites excluding steroid dienone is 1. The number of aryl methyl sites for hydroxylation is 1. The number of fused-ring (bicyclic) bond motifs is 14. The Bertz CT molecular complexity index is 3890. The third kappa shape index (κ3) is 5.25. The molecule has 65 heavy (non-hydrogen) atoms. The first-order valence-electron chi connectivity index (χ1n) is 23.0. The summed E-state index contributed by atoms with van der Waals surface area (Å²) in [6.45, 7) is 2.35. The van der Waals surface area contributed by atoms with Crippen LogP contribution < -0.4 is 0 Å². The number of nitrogens with zero attached hydrogens (tertiary/aromatic N) is 4. The molecule has 14 rings (SSSR count). The summed E-state index contributed by atoms with van der Waals surface area (Å²) >= 11 is 0. The van der Waals surface area contributed by atoms with E-state index in [1.54, 1.807) is 0 Å². The number of aromatic nitrogens is 4. The van der Waals surface area contributed by atoms with Crippen LogP contribution in [0.2, 0.25) is 0 Å². The zero-order valence-electron chi connectivity index (χ0n) is 36.1. The summed E-state index contributed by atoms with van der Waals surface area (Å²) in [5.74, 6) is 0.526. The number of hydrogen-bond acceptors (Lipinski definition) is 0. The highest BCUT2D eigenvalue weighted by molar-refractivity contribution is 6.26. The summed E-state index contributed by atoms with van der Waals surface area (Å²) in [7, 11) is 0. The maximum absolute atomic E-state index is 2.56. The number of para-hydroxylation sites is 5. The fourth-order valence-electron chi connectivity index (χ4n) is 11.7. The molecule has 2 aliphatic rings. The first kappa shape index (κ1) is 36.4. The van der Waals surface area contributed by atoms with Crippen molar-refractivity contribution in [2.24, 2.45) is 5.92 Å². The van der Waals surface area contributed by atoms with Crippen molar-refractivity contribution in [1.82, 2.24) is 18.3 Å². The fourth-order valence-corrected chi connectivity index (χ4v) is 11.7. The Labute approximate surface area is 377 Å². The van der Waals surface area contributed by atoms with Crippen LogP contribution in [-0.2, 0) is 19.3 Å². The molecule has 8 aromatic carbocycles. The average Bonchev–Trinajstić information content (AvgIpc) is 4.09. The van der Waals surface area contributed by atoms with Crippen molar-refractivity contribution in [2.75, 3.05) is 0 Å². The molecule has 0 saturated carbocycles. The highest BCUT2D eigenvalue weighted by Gasteiger charge is 2.34. The first-order chi connectivity index (χ1) is 32.2. The van der Waals surface area contributed by atoms with Gasteiger partial charge >= 0.3 is 0 Å². The van der Waals surface area contributed by atoms with Crippen LogP contribution in [0.3, 0.4) is 0 Å². The summed E-state index contributed by atoms with van der Waals surface area (Å²) in [6.07, 6.45) is 7.95. The average molecular weight is 833 g/mol. The van der Waals surface area contributed by atoms with Gasteiger partial charge < -0.3 is 18.3 Å². The molecule has 0 spiro atoms. The van der Waals surface area contributed by atoms with Crippen LogP contribution in [0.15, 0.2) is 200 Å². The van der Waals surface area contributed by atoms with E-state index in [9.17, 15) is 0 Å². The molecule has 4 aromatic heterocycles. The molecule has 4 nitrogen and oxygen atoms in total. The van der Waals surface area contributed by atoms with Crippen LogP contribution >= 0.6 is 0 Å². The summed E-state index contributed by atoms with van der Waals surface area (Å²) in [5, 5.41) is 6.40. The van der Waals surface area contributed by atoms with Gasteiger partial charge in [0.15, 0.2) is 0 Å². The van der Waals surface area contributed by atoms with Gasteiger partial charge in [-0.2, -0.15) is 0 Å². The van der Waals surface area contributed by atoms with Crippen LogP contribution in [0.5, 0.6) is 0 Å². The molecule has 0 bridgehead atoms. The first-order valence-corrected chi connectivity index (χ1v) is 23.0. The van der Waals surface area contributed by atoms with Crippen LogP contribution in [0.4, 0.5) is 0 Å². The molecular formula is C61H44N4. The molecule has 0 amide bonds. The highest BCUT2D eigenvalue weighted by Crippen LogP contribution is 2.48. The van der Waals surface area contributed by atoms with E-state index < -0.39 is 0 Å². The number of benzene rings is 8. The Balaban J connectivity index is 0.904. The highest BCUT2D eigenvalue weighted by atomic mass is 15.1. The van der Waals surface area contributed by atoms with Crippen molar-refractivity contribution in [1.29, 1.82) is 0 Å². The topological polar surface area (TPSA) is 19.7 Å². The Hall–Kier alpha value is -8.08. The van der Waals surface area contributed by atoms with Crippen molar-refractivity contribution in [3.05, 3.63) is 223 Å². The summed E-state index contributed by atoms with van der Waals surface area (Å²) < 4.78 is 10.00. The van der Waals surface area contributed by atoms with Crippen molar-refractivity contribution in [2.45, 2.75) is 26.2 Å². The smallest absolute Gasteiger partial charge is 0.0744 e. The fraction of sp³-hybridized carbons (Fsp3) is 0.0820. The van der Waals surface area contributed by atoms with E-state index in [1.807, 2.05) is 0 Å². The van der Waals surface area contributed by atoms with Crippen molar-refractivity contribution < 1.29 is 0 Å². The van der Waals surface area contributed by atoms with Crippen molar-refractivity contribution in [3.63, 3.8) is 0 Å². The zero-order chi connectivity index (χ0) is 42.8. The lowest BCUT2D eigenvalue weighted by Gasteiger charge is -2.21. The monoisotopic (exact) mass is 832 g/mol. The minimum absolute atomic E-state index is 0.526. The van der Waals surface area contributed by atoms with Crippen LogP contribution in [-0.4, -0.2) is 18.3 Å². The quantitative estimate of drug-likeness (QED) is 0.165. The molecule has 0 saturated heterocycles. The van der Waals surface area contributed by atoms with Gasteiger partial charge in [0.25, 0.3) is 0 Å². The van der Waals surface area contributed by atoms with Gasteiger partial charge in [-0.3, -0.25) is 0 Å². The predicted molar refractivity (Wildman–Crippen MR) is 271 cm³/mol. The van der Waals surface area contributed by atoms with Crippen LogP contribution in [0.1, 0.15) is 29.3 Å². The van der Waals surface area contributed by atoms with Gasteiger partial charge in [-0.1, -0.05) is 134 Å².